The van der Waals surface area contributed by atoms with Crippen LogP contribution in [0.15, 0.2) is 24.3 Å². The van der Waals surface area contributed by atoms with Crippen molar-refractivity contribution in [2.24, 2.45) is 0 Å². The van der Waals surface area contributed by atoms with E-state index in [4.69, 9.17) is 16.3 Å². The van der Waals surface area contributed by atoms with Gasteiger partial charge in [0.05, 0.1) is 6.10 Å². The fourth-order valence-electron chi connectivity index (χ4n) is 1.90. The van der Waals surface area contributed by atoms with Gasteiger partial charge in [0.15, 0.2) is 0 Å². The summed E-state index contributed by atoms with van der Waals surface area (Å²) in [4.78, 5) is 0. The Morgan fingerprint density at radius 2 is 2.07 bits per heavy atom. The molecule has 15 heavy (non-hydrogen) atoms. The fraction of sp³-hybridized carbons (Fsp3) is 0.500. The summed E-state index contributed by atoms with van der Waals surface area (Å²) in [5, 5.41) is 4.22. The highest BCUT2D eigenvalue weighted by Crippen LogP contribution is 2.24. The summed E-state index contributed by atoms with van der Waals surface area (Å²) in [7, 11) is 0. The average Bonchev–Trinajstić information content (AvgIpc) is 2.44. The summed E-state index contributed by atoms with van der Waals surface area (Å²) in [6.45, 7) is 4.01. The molecule has 1 aliphatic rings. The first kappa shape index (κ1) is 10.9. The van der Waals surface area contributed by atoms with Crippen molar-refractivity contribution in [1.82, 2.24) is 5.32 Å². The second kappa shape index (κ2) is 4.97. The number of rotatable bonds is 1. The third-order valence-corrected chi connectivity index (χ3v) is 2.99. The Balaban J connectivity index is 2.16. The van der Waals surface area contributed by atoms with Crippen molar-refractivity contribution >= 4 is 11.6 Å². The molecule has 1 aliphatic heterocycles. The zero-order valence-electron chi connectivity index (χ0n) is 8.87. The maximum atomic E-state index is 5.86. The van der Waals surface area contributed by atoms with Crippen molar-refractivity contribution in [1.29, 1.82) is 0 Å². The van der Waals surface area contributed by atoms with Gasteiger partial charge in [0.25, 0.3) is 0 Å². The molecule has 2 nitrogen and oxygen atoms in total. The van der Waals surface area contributed by atoms with Gasteiger partial charge in [-0.2, -0.15) is 0 Å². The smallest absolute Gasteiger partial charge is 0.0975 e. The van der Waals surface area contributed by atoms with E-state index in [1.165, 1.54) is 5.56 Å². The van der Waals surface area contributed by atoms with E-state index in [1.807, 2.05) is 24.3 Å². The van der Waals surface area contributed by atoms with E-state index in [1.54, 1.807) is 0 Å². The molecule has 2 unspecified atom stereocenters. The number of halogens is 1. The van der Waals surface area contributed by atoms with Crippen molar-refractivity contribution in [2.75, 3.05) is 13.2 Å². The molecule has 0 bridgehead atoms. The number of benzene rings is 1. The van der Waals surface area contributed by atoms with E-state index in [0.29, 0.717) is 6.04 Å². The lowest BCUT2D eigenvalue weighted by atomic mass is 10.0. The maximum Gasteiger partial charge on any atom is 0.0975 e. The summed E-state index contributed by atoms with van der Waals surface area (Å²) in [5.74, 6) is 0. The van der Waals surface area contributed by atoms with Gasteiger partial charge in [-0.3, -0.25) is 0 Å². The zero-order valence-corrected chi connectivity index (χ0v) is 9.63. The van der Waals surface area contributed by atoms with Crippen LogP contribution >= 0.6 is 11.6 Å². The highest BCUT2D eigenvalue weighted by molar-refractivity contribution is 6.30. The first-order valence-corrected chi connectivity index (χ1v) is 5.75. The molecule has 0 spiro atoms. The van der Waals surface area contributed by atoms with Crippen LogP contribution in [0, 0.1) is 0 Å². The Hall–Kier alpha value is -0.570. The Morgan fingerprint density at radius 3 is 2.80 bits per heavy atom. The Morgan fingerprint density at radius 1 is 1.33 bits per heavy atom. The minimum Gasteiger partial charge on any atom is -0.372 e. The highest BCUT2D eigenvalue weighted by atomic mass is 35.5. The summed E-state index contributed by atoms with van der Waals surface area (Å²) in [5.41, 5.74) is 1.20. The molecule has 1 aromatic carbocycles. The third kappa shape index (κ3) is 2.71. The molecule has 1 saturated heterocycles. The molecule has 1 N–H and O–H groups in total. The third-order valence-electron chi connectivity index (χ3n) is 2.74. The molecule has 0 aromatic heterocycles. The lowest BCUT2D eigenvalue weighted by molar-refractivity contribution is 0.0462. The normalized spacial score (nSPS) is 27.3. The maximum absolute atomic E-state index is 5.86. The molecule has 2 rings (SSSR count). The minimum atomic E-state index is 0.143. The second-order valence-electron chi connectivity index (χ2n) is 3.94. The Kier molecular flexibility index (Phi) is 3.62. The van der Waals surface area contributed by atoms with Gasteiger partial charge >= 0.3 is 0 Å². The number of hydrogen-bond donors (Lipinski definition) is 1. The van der Waals surface area contributed by atoms with Crippen LogP contribution in [-0.4, -0.2) is 19.2 Å². The molecule has 1 aromatic rings. The topological polar surface area (TPSA) is 21.3 Å². The van der Waals surface area contributed by atoms with Gasteiger partial charge in [-0.15, -0.1) is 0 Å². The van der Waals surface area contributed by atoms with E-state index in [2.05, 4.69) is 12.2 Å². The first-order valence-electron chi connectivity index (χ1n) is 5.38. The van der Waals surface area contributed by atoms with Crippen LogP contribution < -0.4 is 5.32 Å². The van der Waals surface area contributed by atoms with E-state index in [0.717, 1.165) is 24.6 Å². The molecule has 2 atom stereocenters. The van der Waals surface area contributed by atoms with Gasteiger partial charge in [0.1, 0.15) is 0 Å². The number of ether oxygens (including phenoxy) is 1. The van der Waals surface area contributed by atoms with Crippen LogP contribution in [0.25, 0.3) is 0 Å². The molecule has 0 radical (unpaired) electrons. The lowest BCUT2D eigenvalue weighted by Gasteiger charge is -2.22. The molecule has 0 amide bonds. The molecule has 82 valence electrons. The predicted octanol–water partition coefficient (Wildman–Crippen LogP) is 2.78. The van der Waals surface area contributed by atoms with Gasteiger partial charge in [-0.25, -0.2) is 0 Å². The second-order valence-corrected chi connectivity index (χ2v) is 4.38. The van der Waals surface area contributed by atoms with Crippen molar-refractivity contribution in [3.63, 3.8) is 0 Å². The highest BCUT2D eigenvalue weighted by Gasteiger charge is 2.21. The average molecular weight is 226 g/mol. The summed E-state index contributed by atoms with van der Waals surface area (Å²) < 4.78 is 5.84. The molecule has 1 heterocycles. The molecule has 0 saturated carbocycles. The van der Waals surface area contributed by atoms with Crippen molar-refractivity contribution in [3.8, 4) is 0 Å². The number of nitrogens with one attached hydrogen (secondary N) is 1. The van der Waals surface area contributed by atoms with Crippen LogP contribution in [0.3, 0.4) is 0 Å². The van der Waals surface area contributed by atoms with Gasteiger partial charge < -0.3 is 10.1 Å². The van der Waals surface area contributed by atoms with E-state index < -0.39 is 0 Å². The van der Waals surface area contributed by atoms with Gasteiger partial charge in [0, 0.05) is 17.7 Å². The predicted molar refractivity (Wildman–Crippen MR) is 62.2 cm³/mol. The fourth-order valence-corrected chi connectivity index (χ4v) is 2.03. The monoisotopic (exact) mass is 225 g/mol. The van der Waals surface area contributed by atoms with Gasteiger partial charge in [-0.1, -0.05) is 23.7 Å². The van der Waals surface area contributed by atoms with Crippen LogP contribution in [0.2, 0.25) is 5.02 Å². The van der Waals surface area contributed by atoms with Gasteiger partial charge in [-0.05, 0) is 37.6 Å². The van der Waals surface area contributed by atoms with Crippen molar-refractivity contribution < 1.29 is 4.74 Å². The van der Waals surface area contributed by atoms with Crippen LogP contribution in [-0.2, 0) is 4.74 Å². The summed E-state index contributed by atoms with van der Waals surface area (Å²) in [6, 6.07) is 8.26. The van der Waals surface area contributed by atoms with Crippen LogP contribution in [0.1, 0.15) is 25.0 Å². The molecular weight excluding hydrogens is 210 g/mol. The van der Waals surface area contributed by atoms with E-state index in [-0.39, 0.29) is 6.10 Å². The minimum absolute atomic E-state index is 0.143. The SMILES string of the molecule is CC1NCCCOC1c1ccc(Cl)cc1. The molecule has 3 heteroatoms. The van der Waals surface area contributed by atoms with Crippen molar-refractivity contribution in [2.45, 2.75) is 25.5 Å². The molecule has 0 aliphatic carbocycles. The van der Waals surface area contributed by atoms with Crippen LogP contribution in [0.5, 0.6) is 0 Å². The molecular formula is C12H16ClNO. The van der Waals surface area contributed by atoms with Crippen LogP contribution in [0.4, 0.5) is 0 Å². The number of hydrogen-bond acceptors (Lipinski definition) is 2. The Labute approximate surface area is 95.6 Å². The zero-order chi connectivity index (χ0) is 10.7. The molecule has 1 fully saturated rings. The quantitative estimate of drug-likeness (QED) is 0.794. The standard InChI is InChI=1S/C12H16ClNO/c1-9-12(15-8-2-7-14-9)10-3-5-11(13)6-4-10/h3-6,9,12,14H,2,7-8H2,1H3. The summed E-state index contributed by atoms with van der Waals surface area (Å²) >= 11 is 5.86. The Bertz CT molecular complexity index is 312. The lowest BCUT2D eigenvalue weighted by Crippen LogP contribution is -2.31. The van der Waals surface area contributed by atoms with Gasteiger partial charge in [0.2, 0.25) is 0 Å². The van der Waals surface area contributed by atoms with E-state index >= 15 is 0 Å². The summed E-state index contributed by atoms with van der Waals surface area (Å²) in [6.07, 6.45) is 1.22. The first-order chi connectivity index (χ1) is 7.27. The largest absolute Gasteiger partial charge is 0.372 e. The van der Waals surface area contributed by atoms with E-state index in [9.17, 15) is 0 Å². The van der Waals surface area contributed by atoms with Crippen molar-refractivity contribution in [3.05, 3.63) is 34.9 Å².